The summed E-state index contributed by atoms with van der Waals surface area (Å²) in [5.41, 5.74) is 6.65. The highest BCUT2D eigenvalue weighted by Gasteiger charge is 2.20. The fourth-order valence-electron chi connectivity index (χ4n) is 2.21. The number of thioether (sulfide) groups is 1. The number of halogens is 1. The molecular weight excluding hydrogens is 420 g/mol. The molecule has 0 fully saturated rings. The van der Waals surface area contributed by atoms with Crippen LogP contribution in [0.25, 0.3) is 6.08 Å². The van der Waals surface area contributed by atoms with Gasteiger partial charge in [0.25, 0.3) is 5.91 Å². The highest BCUT2D eigenvalue weighted by Crippen LogP contribution is 2.32. The molecule has 0 atom stereocenters. The second-order valence-corrected chi connectivity index (χ2v) is 7.15. The molecule has 0 aromatic heterocycles. The zero-order valence-electron chi connectivity index (χ0n) is 13.6. The van der Waals surface area contributed by atoms with Gasteiger partial charge in [-0.2, -0.15) is 4.99 Å². The number of rotatable bonds is 4. The van der Waals surface area contributed by atoms with Gasteiger partial charge in [0.05, 0.1) is 17.6 Å². The maximum absolute atomic E-state index is 12.3. The van der Waals surface area contributed by atoms with Gasteiger partial charge >= 0.3 is 5.97 Å². The molecule has 1 aliphatic heterocycles. The van der Waals surface area contributed by atoms with Crippen molar-refractivity contribution in [2.45, 2.75) is 0 Å². The van der Waals surface area contributed by atoms with Gasteiger partial charge in [-0.25, -0.2) is 4.79 Å². The zero-order valence-corrected chi connectivity index (χ0v) is 16.0. The Morgan fingerprint density at radius 3 is 2.69 bits per heavy atom. The number of amidine groups is 1. The molecule has 26 heavy (non-hydrogen) atoms. The topological polar surface area (TPSA) is 91.0 Å². The van der Waals surface area contributed by atoms with E-state index in [1.165, 1.54) is 7.11 Å². The van der Waals surface area contributed by atoms with Crippen LogP contribution >= 0.6 is 27.7 Å². The Balaban J connectivity index is 1.82. The molecule has 1 heterocycles. The molecule has 0 aliphatic carbocycles. The summed E-state index contributed by atoms with van der Waals surface area (Å²) in [4.78, 5) is 28.0. The van der Waals surface area contributed by atoms with Crippen molar-refractivity contribution in [3.63, 3.8) is 0 Å². The Kier molecular flexibility index (Phi) is 5.43. The summed E-state index contributed by atoms with van der Waals surface area (Å²) in [6.07, 6.45) is 1.65. The quantitative estimate of drug-likeness (QED) is 0.450. The maximum atomic E-state index is 12.3. The minimum atomic E-state index is -0.501. The molecule has 2 N–H and O–H groups in total. The highest BCUT2D eigenvalue weighted by atomic mass is 79.9. The van der Waals surface area contributed by atoms with Gasteiger partial charge in [0.15, 0.2) is 16.7 Å². The molecule has 0 spiro atoms. The van der Waals surface area contributed by atoms with Gasteiger partial charge in [0, 0.05) is 4.47 Å². The number of carbonyl (C=O) groups is 2. The predicted molar refractivity (Wildman–Crippen MR) is 104 cm³/mol. The number of esters is 1. The minimum Gasteiger partial charge on any atom is -0.493 e. The van der Waals surface area contributed by atoms with Crippen LogP contribution in [0.15, 0.2) is 56.8 Å². The third kappa shape index (κ3) is 4.14. The number of ether oxygens (including phenoxy) is 2. The summed E-state index contributed by atoms with van der Waals surface area (Å²) in [6, 6.07) is 11.9. The Bertz CT molecular complexity index is 956. The molecule has 132 valence electrons. The van der Waals surface area contributed by atoms with E-state index in [9.17, 15) is 9.59 Å². The fraction of sp³-hybridized carbons (Fsp3) is 0.0556. The number of nitrogens with two attached hydrogens (primary N) is 1. The van der Waals surface area contributed by atoms with Crippen molar-refractivity contribution in [3.8, 4) is 11.5 Å². The van der Waals surface area contributed by atoms with Crippen LogP contribution < -0.4 is 15.2 Å². The van der Waals surface area contributed by atoms with E-state index in [1.54, 1.807) is 42.5 Å². The predicted octanol–water partition coefficient (Wildman–Crippen LogP) is 3.61. The Hall–Kier alpha value is -2.58. The van der Waals surface area contributed by atoms with Crippen LogP contribution in [0.3, 0.4) is 0 Å². The maximum Gasteiger partial charge on any atom is 0.343 e. The first-order chi connectivity index (χ1) is 12.5. The van der Waals surface area contributed by atoms with Gasteiger partial charge < -0.3 is 15.2 Å². The van der Waals surface area contributed by atoms with Gasteiger partial charge in [-0.1, -0.05) is 28.1 Å². The van der Waals surface area contributed by atoms with E-state index in [-0.39, 0.29) is 16.8 Å². The van der Waals surface area contributed by atoms with E-state index < -0.39 is 5.97 Å². The van der Waals surface area contributed by atoms with Crippen LogP contribution in [0.4, 0.5) is 0 Å². The van der Waals surface area contributed by atoms with Crippen LogP contribution in [0.1, 0.15) is 15.9 Å². The molecular formula is C18H13BrN2O4S. The minimum absolute atomic E-state index is 0.216. The van der Waals surface area contributed by atoms with E-state index in [0.717, 1.165) is 16.2 Å². The first kappa shape index (κ1) is 18.2. The average Bonchev–Trinajstić information content (AvgIpc) is 2.93. The van der Waals surface area contributed by atoms with Gasteiger partial charge in [-0.15, -0.1) is 0 Å². The van der Waals surface area contributed by atoms with E-state index in [2.05, 4.69) is 20.9 Å². The molecule has 3 rings (SSSR count). The van der Waals surface area contributed by atoms with Crippen LogP contribution in [0.5, 0.6) is 11.5 Å². The Labute approximate surface area is 162 Å². The van der Waals surface area contributed by atoms with E-state index in [4.69, 9.17) is 15.2 Å². The summed E-state index contributed by atoms with van der Waals surface area (Å²) < 4.78 is 11.5. The number of nitrogens with zero attached hydrogens (tertiary/aromatic N) is 1. The third-order valence-electron chi connectivity index (χ3n) is 3.39. The van der Waals surface area contributed by atoms with Crippen molar-refractivity contribution in [2.75, 3.05) is 7.11 Å². The second-order valence-electron chi connectivity index (χ2n) is 5.18. The number of hydrogen-bond donors (Lipinski definition) is 1. The monoisotopic (exact) mass is 432 g/mol. The molecule has 0 unspecified atom stereocenters. The molecule has 8 heteroatoms. The summed E-state index contributed by atoms with van der Waals surface area (Å²) >= 11 is 4.42. The summed E-state index contributed by atoms with van der Waals surface area (Å²) in [7, 11) is 1.47. The van der Waals surface area contributed by atoms with E-state index >= 15 is 0 Å². The smallest absolute Gasteiger partial charge is 0.343 e. The molecule has 1 aliphatic rings. The molecule has 0 bridgehead atoms. The van der Waals surface area contributed by atoms with Crippen LogP contribution in [-0.2, 0) is 4.79 Å². The molecule has 2 aromatic rings. The van der Waals surface area contributed by atoms with Crippen molar-refractivity contribution in [2.24, 2.45) is 10.7 Å². The summed E-state index contributed by atoms with van der Waals surface area (Å²) in [6.45, 7) is 0. The molecule has 2 aromatic carbocycles. The third-order valence-corrected chi connectivity index (χ3v) is 4.69. The summed E-state index contributed by atoms with van der Waals surface area (Å²) in [5.74, 6) is -0.233. The Morgan fingerprint density at radius 1 is 1.23 bits per heavy atom. The molecule has 0 radical (unpaired) electrons. The van der Waals surface area contributed by atoms with Crippen LogP contribution in [0, 0.1) is 0 Å². The Morgan fingerprint density at radius 2 is 2.04 bits per heavy atom. The number of aliphatic imine (C=N–C) groups is 1. The lowest BCUT2D eigenvalue weighted by molar-refractivity contribution is -0.113. The molecule has 0 saturated carbocycles. The zero-order chi connectivity index (χ0) is 18.7. The van der Waals surface area contributed by atoms with Crippen LogP contribution in [0.2, 0.25) is 0 Å². The lowest BCUT2D eigenvalue weighted by Crippen LogP contribution is -2.09. The molecule has 1 amide bonds. The molecule has 6 nitrogen and oxygen atoms in total. The van der Waals surface area contributed by atoms with Crippen molar-refractivity contribution < 1.29 is 19.1 Å². The average molecular weight is 433 g/mol. The molecule has 0 saturated heterocycles. The SMILES string of the molecule is COc1cc(/C=C2/SC(N)=NC2=O)ccc1OC(=O)c1cccc(Br)c1. The standard InChI is InChI=1S/C18H13BrN2O4S/c1-24-14-7-10(8-15-16(22)21-18(20)26-15)5-6-13(14)25-17(23)11-3-2-4-12(19)9-11/h2-9H,1H3,(H2,20,21,22)/b15-8+. The largest absolute Gasteiger partial charge is 0.493 e. The van der Waals surface area contributed by atoms with Gasteiger partial charge in [0.2, 0.25) is 0 Å². The fourth-order valence-corrected chi connectivity index (χ4v) is 3.29. The van der Waals surface area contributed by atoms with E-state index in [0.29, 0.717) is 21.8 Å². The second kappa shape index (κ2) is 7.76. The van der Waals surface area contributed by atoms with Gasteiger partial charge in [-0.3, -0.25) is 4.79 Å². The first-order valence-electron chi connectivity index (χ1n) is 7.40. The van der Waals surface area contributed by atoms with Crippen LogP contribution in [-0.4, -0.2) is 24.2 Å². The van der Waals surface area contributed by atoms with Crippen molar-refractivity contribution in [3.05, 3.63) is 63.0 Å². The number of methoxy groups -OCH3 is 1. The number of benzene rings is 2. The first-order valence-corrected chi connectivity index (χ1v) is 9.01. The van der Waals surface area contributed by atoms with E-state index in [1.807, 2.05) is 6.07 Å². The number of hydrogen-bond acceptors (Lipinski definition) is 6. The normalized spacial score (nSPS) is 15.1. The lowest BCUT2D eigenvalue weighted by Gasteiger charge is -2.10. The lowest BCUT2D eigenvalue weighted by atomic mass is 10.2. The van der Waals surface area contributed by atoms with Crippen molar-refractivity contribution in [1.82, 2.24) is 0 Å². The number of carbonyl (C=O) groups excluding carboxylic acids is 2. The van der Waals surface area contributed by atoms with Crippen molar-refractivity contribution in [1.29, 1.82) is 0 Å². The van der Waals surface area contributed by atoms with Gasteiger partial charge in [0.1, 0.15) is 0 Å². The van der Waals surface area contributed by atoms with Gasteiger partial charge in [-0.05, 0) is 53.7 Å². The summed E-state index contributed by atoms with van der Waals surface area (Å²) in [5, 5.41) is 0.216. The highest BCUT2D eigenvalue weighted by molar-refractivity contribution is 9.10. The van der Waals surface area contributed by atoms with Crippen molar-refractivity contribution >= 4 is 50.8 Å². The number of amides is 1.